The lowest BCUT2D eigenvalue weighted by molar-refractivity contribution is -0.124. The lowest BCUT2D eigenvalue weighted by Crippen LogP contribution is -2.30. The van der Waals surface area contributed by atoms with Gasteiger partial charge in [-0.2, -0.15) is 0 Å². The fourth-order valence-corrected chi connectivity index (χ4v) is 2.79. The minimum Gasteiger partial charge on any atom is -0.497 e. The van der Waals surface area contributed by atoms with Gasteiger partial charge in [0.1, 0.15) is 5.75 Å². The number of rotatable bonds is 4. The van der Waals surface area contributed by atoms with Crippen LogP contribution in [0.3, 0.4) is 0 Å². The quantitative estimate of drug-likeness (QED) is 0.782. The van der Waals surface area contributed by atoms with Crippen molar-refractivity contribution in [2.75, 3.05) is 29.6 Å². The molecule has 0 fully saturated rings. The summed E-state index contributed by atoms with van der Waals surface area (Å²) in [5.74, 6) is -0.381. The predicted octanol–water partition coefficient (Wildman–Crippen LogP) is 3.36. The average molecular weight is 360 g/mol. The number of carbonyl (C=O) groups is 2. The molecule has 3 rings (SSSR count). The van der Waals surface area contributed by atoms with Crippen LogP contribution in [0.25, 0.3) is 0 Å². The van der Waals surface area contributed by atoms with Crippen LogP contribution in [0.2, 0.25) is 5.02 Å². The van der Waals surface area contributed by atoms with E-state index in [1.54, 1.807) is 18.2 Å². The minimum atomic E-state index is -0.489. The Morgan fingerprint density at radius 1 is 1.28 bits per heavy atom. The smallest absolute Gasteiger partial charge is 0.229 e. The maximum absolute atomic E-state index is 12.4. The second-order valence-corrected chi connectivity index (χ2v) is 6.12. The summed E-state index contributed by atoms with van der Waals surface area (Å²) in [6.07, 6.45) is 0.0420. The van der Waals surface area contributed by atoms with Crippen molar-refractivity contribution in [2.24, 2.45) is 5.92 Å². The summed E-state index contributed by atoms with van der Waals surface area (Å²) in [5, 5.41) is 9.18. The van der Waals surface area contributed by atoms with Gasteiger partial charge < -0.3 is 20.7 Å². The topological polar surface area (TPSA) is 79.5 Å². The molecular weight excluding hydrogens is 342 g/mol. The molecule has 0 saturated heterocycles. The zero-order valence-electron chi connectivity index (χ0n) is 13.6. The summed E-state index contributed by atoms with van der Waals surface area (Å²) in [5.41, 5.74) is 2.01. The van der Waals surface area contributed by atoms with Crippen LogP contribution in [-0.2, 0) is 9.59 Å². The molecule has 2 aromatic rings. The van der Waals surface area contributed by atoms with Gasteiger partial charge in [-0.15, -0.1) is 0 Å². The fourth-order valence-electron chi connectivity index (χ4n) is 2.62. The molecule has 1 atom stereocenters. The van der Waals surface area contributed by atoms with E-state index >= 15 is 0 Å². The Balaban J connectivity index is 1.66. The van der Waals surface area contributed by atoms with E-state index in [0.29, 0.717) is 28.7 Å². The number of ether oxygens (including phenoxy) is 1. The highest BCUT2D eigenvalue weighted by atomic mass is 35.5. The van der Waals surface area contributed by atoms with E-state index in [2.05, 4.69) is 16.0 Å². The van der Waals surface area contributed by atoms with E-state index in [0.717, 1.165) is 5.69 Å². The lowest BCUT2D eigenvalue weighted by Gasteiger charge is -2.14. The van der Waals surface area contributed by atoms with E-state index in [1.807, 2.05) is 24.3 Å². The first-order valence-corrected chi connectivity index (χ1v) is 8.22. The highest BCUT2D eigenvalue weighted by Crippen LogP contribution is 2.28. The summed E-state index contributed by atoms with van der Waals surface area (Å²) in [4.78, 5) is 24.7. The predicted molar refractivity (Wildman–Crippen MR) is 98.3 cm³/mol. The van der Waals surface area contributed by atoms with Gasteiger partial charge in [0.25, 0.3) is 0 Å². The fraction of sp³-hybridized carbons (Fsp3) is 0.222. The van der Waals surface area contributed by atoms with E-state index in [9.17, 15) is 9.59 Å². The third-order valence-corrected chi connectivity index (χ3v) is 4.30. The van der Waals surface area contributed by atoms with Gasteiger partial charge >= 0.3 is 0 Å². The average Bonchev–Trinajstić information content (AvgIpc) is 2.76. The third-order valence-electron chi connectivity index (χ3n) is 3.97. The van der Waals surface area contributed by atoms with Crippen LogP contribution >= 0.6 is 11.6 Å². The van der Waals surface area contributed by atoms with Gasteiger partial charge in [0.2, 0.25) is 11.8 Å². The highest BCUT2D eigenvalue weighted by molar-refractivity contribution is 6.33. The number of hydrogen-bond donors (Lipinski definition) is 3. The Morgan fingerprint density at radius 3 is 2.80 bits per heavy atom. The van der Waals surface area contributed by atoms with Gasteiger partial charge in [-0.25, -0.2) is 0 Å². The summed E-state index contributed by atoms with van der Waals surface area (Å²) in [6.45, 7) is 0.377. The Kier molecular flexibility index (Phi) is 5.09. The van der Waals surface area contributed by atoms with Gasteiger partial charge in [0.05, 0.1) is 35.1 Å². The van der Waals surface area contributed by atoms with Crippen LogP contribution in [0, 0.1) is 5.92 Å². The Labute approximate surface area is 150 Å². The van der Waals surface area contributed by atoms with Crippen molar-refractivity contribution in [3.05, 3.63) is 47.5 Å². The second kappa shape index (κ2) is 7.44. The van der Waals surface area contributed by atoms with Gasteiger partial charge in [-0.05, 0) is 24.3 Å². The van der Waals surface area contributed by atoms with Gasteiger partial charge in [-0.1, -0.05) is 23.7 Å². The molecular formula is C18H18ClN3O3. The van der Waals surface area contributed by atoms with Gasteiger partial charge in [-0.3, -0.25) is 9.59 Å². The maximum atomic E-state index is 12.4. The highest BCUT2D eigenvalue weighted by Gasteiger charge is 2.25. The van der Waals surface area contributed by atoms with Crippen molar-refractivity contribution in [1.82, 2.24) is 0 Å². The largest absolute Gasteiger partial charge is 0.497 e. The van der Waals surface area contributed by atoms with E-state index < -0.39 is 5.92 Å². The molecule has 1 aliphatic rings. The number of methoxy groups -OCH3 is 1. The molecule has 0 spiro atoms. The van der Waals surface area contributed by atoms with Crippen molar-refractivity contribution >= 4 is 40.5 Å². The van der Waals surface area contributed by atoms with E-state index in [-0.39, 0.29) is 18.2 Å². The molecule has 2 aromatic carbocycles. The molecule has 0 bridgehead atoms. The number of anilines is 3. The number of halogens is 1. The van der Waals surface area contributed by atoms with Crippen LogP contribution in [0.4, 0.5) is 17.1 Å². The third kappa shape index (κ3) is 4.03. The standard InChI is InChI=1S/C18H18ClN3O3/c1-25-12-6-7-13(19)16(9-12)21-17(23)8-11-10-20-14-4-2-3-5-15(14)22-18(11)24/h2-7,9,11,20H,8,10H2,1H3,(H,21,23)(H,22,24). The molecule has 0 radical (unpaired) electrons. The molecule has 0 aliphatic carbocycles. The van der Waals surface area contributed by atoms with Gasteiger partial charge in [0, 0.05) is 19.0 Å². The molecule has 1 unspecified atom stereocenters. The molecule has 1 heterocycles. The molecule has 7 heteroatoms. The molecule has 0 aromatic heterocycles. The number of carbonyl (C=O) groups excluding carboxylic acids is 2. The molecule has 0 saturated carbocycles. The second-order valence-electron chi connectivity index (χ2n) is 5.71. The number of hydrogen-bond acceptors (Lipinski definition) is 4. The number of amides is 2. The van der Waals surface area contributed by atoms with E-state index in [1.165, 1.54) is 7.11 Å². The Bertz CT molecular complexity index is 810. The lowest BCUT2D eigenvalue weighted by atomic mass is 10.0. The molecule has 130 valence electrons. The first-order chi connectivity index (χ1) is 12.1. The molecule has 6 nitrogen and oxygen atoms in total. The maximum Gasteiger partial charge on any atom is 0.229 e. The van der Waals surface area contributed by atoms with E-state index in [4.69, 9.17) is 16.3 Å². The first kappa shape index (κ1) is 17.1. The minimum absolute atomic E-state index is 0.0420. The van der Waals surface area contributed by atoms with Gasteiger partial charge in [0.15, 0.2) is 0 Å². The monoisotopic (exact) mass is 359 g/mol. The summed E-state index contributed by atoms with van der Waals surface area (Å²) >= 11 is 6.09. The Hall–Kier alpha value is -2.73. The SMILES string of the molecule is COc1ccc(Cl)c(NC(=O)CC2CNc3ccccc3NC2=O)c1. The normalized spacial score (nSPS) is 16.1. The van der Waals surface area contributed by atoms with Crippen LogP contribution in [0.5, 0.6) is 5.75 Å². The summed E-state index contributed by atoms with van der Waals surface area (Å²) in [7, 11) is 1.54. The summed E-state index contributed by atoms with van der Waals surface area (Å²) < 4.78 is 5.13. The summed E-state index contributed by atoms with van der Waals surface area (Å²) in [6, 6.07) is 12.4. The molecule has 1 aliphatic heterocycles. The number of nitrogens with one attached hydrogen (secondary N) is 3. The van der Waals surface area contributed by atoms with Crippen LogP contribution in [0.15, 0.2) is 42.5 Å². The molecule has 25 heavy (non-hydrogen) atoms. The number of fused-ring (bicyclic) bond motifs is 1. The Morgan fingerprint density at radius 2 is 2.04 bits per heavy atom. The number of benzene rings is 2. The van der Waals surface area contributed by atoms with Crippen molar-refractivity contribution < 1.29 is 14.3 Å². The molecule has 3 N–H and O–H groups in total. The van der Waals surface area contributed by atoms with Crippen molar-refractivity contribution in [3.63, 3.8) is 0 Å². The van der Waals surface area contributed by atoms with Crippen LogP contribution < -0.4 is 20.7 Å². The van der Waals surface area contributed by atoms with Crippen LogP contribution in [-0.4, -0.2) is 25.5 Å². The zero-order chi connectivity index (χ0) is 17.8. The number of para-hydroxylation sites is 2. The van der Waals surface area contributed by atoms with Crippen LogP contribution in [0.1, 0.15) is 6.42 Å². The first-order valence-electron chi connectivity index (χ1n) is 7.84. The van der Waals surface area contributed by atoms with Crippen molar-refractivity contribution in [2.45, 2.75) is 6.42 Å². The zero-order valence-corrected chi connectivity index (χ0v) is 14.4. The van der Waals surface area contributed by atoms with Crippen molar-refractivity contribution in [1.29, 1.82) is 0 Å². The molecule has 2 amide bonds. The van der Waals surface area contributed by atoms with Crippen molar-refractivity contribution in [3.8, 4) is 5.75 Å².